The van der Waals surface area contributed by atoms with E-state index in [4.69, 9.17) is 0 Å². The van der Waals surface area contributed by atoms with Gasteiger partial charge in [-0.2, -0.15) is 0 Å². The average Bonchev–Trinajstić information content (AvgIpc) is 2.42. The lowest BCUT2D eigenvalue weighted by Crippen LogP contribution is -2.43. The molecule has 0 aliphatic rings. The first kappa shape index (κ1) is 18.2. The largest absolute Gasteiger partial charge is 0.309 e. The summed E-state index contributed by atoms with van der Waals surface area (Å²) >= 11 is 0. The number of rotatable bonds is 7. The molecule has 0 radical (unpaired) electrons. The molecule has 0 bridgehead atoms. The van der Waals surface area contributed by atoms with Crippen LogP contribution in [-0.4, -0.2) is 31.1 Å². The SMILES string of the molecule is CCCNC(CN(C)C(C)C(C)(C)C)c1ccc(C)cc1. The van der Waals surface area contributed by atoms with E-state index < -0.39 is 0 Å². The minimum Gasteiger partial charge on any atom is -0.309 e. The fourth-order valence-corrected chi connectivity index (χ4v) is 2.51. The molecule has 2 heteroatoms. The summed E-state index contributed by atoms with van der Waals surface area (Å²) in [5.74, 6) is 0. The third-order valence-corrected chi connectivity index (χ3v) is 4.51. The third kappa shape index (κ3) is 5.80. The van der Waals surface area contributed by atoms with Crippen LogP contribution in [0.1, 0.15) is 58.2 Å². The topological polar surface area (TPSA) is 15.3 Å². The van der Waals surface area contributed by atoms with Crippen LogP contribution in [0.25, 0.3) is 0 Å². The van der Waals surface area contributed by atoms with Crippen molar-refractivity contribution >= 4 is 0 Å². The molecule has 0 saturated heterocycles. The minimum absolute atomic E-state index is 0.303. The molecular formula is C19H34N2. The third-order valence-electron chi connectivity index (χ3n) is 4.51. The summed E-state index contributed by atoms with van der Waals surface area (Å²) in [4.78, 5) is 2.48. The number of nitrogens with zero attached hydrogens (tertiary/aromatic N) is 1. The van der Waals surface area contributed by atoms with Crippen molar-refractivity contribution in [3.63, 3.8) is 0 Å². The van der Waals surface area contributed by atoms with Crippen molar-refractivity contribution in [2.24, 2.45) is 5.41 Å². The molecule has 21 heavy (non-hydrogen) atoms. The zero-order chi connectivity index (χ0) is 16.0. The summed E-state index contributed by atoms with van der Waals surface area (Å²) in [6.07, 6.45) is 1.17. The van der Waals surface area contributed by atoms with Crippen LogP contribution < -0.4 is 5.32 Å². The standard InChI is InChI=1S/C19H34N2/c1-8-13-20-18(17-11-9-15(2)10-12-17)14-21(7)16(3)19(4,5)6/h9-12,16,18,20H,8,13-14H2,1-7H3. The molecular weight excluding hydrogens is 256 g/mol. The Morgan fingerprint density at radius 3 is 2.19 bits per heavy atom. The van der Waals surface area contributed by atoms with Gasteiger partial charge in [0.15, 0.2) is 0 Å². The second-order valence-electron chi connectivity index (χ2n) is 7.40. The van der Waals surface area contributed by atoms with Gasteiger partial charge in [0.2, 0.25) is 0 Å². The number of hydrogen-bond donors (Lipinski definition) is 1. The van der Waals surface area contributed by atoms with E-state index in [1.54, 1.807) is 0 Å². The Kier molecular flexibility index (Phi) is 6.89. The van der Waals surface area contributed by atoms with Crippen LogP contribution in [0.4, 0.5) is 0 Å². The molecule has 0 fully saturated rings. The number of aryl methyl sites for hydroxylation is 1. The summed E-state index contributed by atoms with van der Waals surface area (Å²) in [6, 6.07) is 9.90. The van der Waals surface area contributed by atoms with Crippen LogP contribution in [0.15, 0.2) is 24.3 Å². The molecule has 0 spiro atoms. The van der Waals surface area contributed by atoms with Crippen LogP contribution >= 0.6 is 0 Å². The fraction of sp³-hybridized carbons (Fsp3) is 0.684. The van der Waals surface area contributed by atoms with E-state index in [1.807, 2.05) is 0 Å². The first-order valence-corrected chi connectivity index (χ1v) is 8.26. The summed E-state index contributed by atoms with van der Waals surface area (Å²) < 4.78 is 0. The van der Waals surface area contributed by atoms with E-state index in [1.165, 1.54) is 17.5 Å². The lowest BCUT2D eigenvalue weighted by atomic mass is 9.87. The number of nitrogens with one attached hydrogen (secondary N) is 1. The van der Waals surface area contributed by atoms with Crippen LogP contribution in [0, 0.1) is 12.3 Å². The first-order chi connectivity index (χ1) is 9.75. The second-order valence-corrected chi connectivity index (χ2v) is 7.40. The van der Waals surface area contributed by atoms with E-state index in [2.05, 4.69) is 83.1 Å². The predicted molar refractivity (Wildman–Crippen MR) is 93.8 cm³/mol. The highest BCUT2D eigenvalue weighted by Crippen LogP contribution is 2.25. The van der Waals surface area contributed by atoms with Crippen molar-refractivity contribution in [1.29, 1.82) is 0 Å². The molecule has 1 aromatic carbocycles. The molecule has 2 atom stereocenters. The van der Waals surface area contributed by atoms with E-state index in [0.717, 1.165) is 13.1 Å². The summed E-state index contributed by atoms with van der Waals surface area (Å²) in [5, 5.41) is 3.70. The van der Waals surface area contributed by atoms with E-state index >= 15 is 0 Å². The molecule has 0 heterocycles. The summed E-state index contributed by atoms with van der Waals surface area (Å²) in [7, 11) is 2.24. The summed E-state index contributed by atoms with van der Waals surface area (Å²) in [5.41, 5.74) is 3.02. The van der Waals surface area contributed by atoms with E-state index in [0.29, 0.717) is 17.5 Å². The molecule has 1 aromatic rings. The first-order valence-electron chi connectivity index (χ1n) is 8.26. The van der Waals surface area contributed by atoms with Crippen LogP contribution in [0.3, 0.4) is 0 Å². The number of benzene rings is 1. The molecule has 2 nitrogen and oxygen atoms in total. The van der Waals surface area contributed by atoms with Crippen molar-refractivity contribution in [2.75, 3.05) is 20.1 Å². The maximum Gasteiger partial charge on any atom is 0.0449 e. The molecule has 1 rings (SSSR count). The van der Waals surface area contributed by atoms with Gasteiger partial charge >= 0.3 is 0 Å². The van der Waals surface area contributed by atoms with Crippen molar-refractivity contribution in [1.82, 2.24) is 10.2 Å². The molecule has 0 amide bonds. The van der Waals surface area contributed by atoms with Gasteiger partial charge in [0.05, 0.1) is 0 Å². The van der Waals surface area contributed by atoms with Crippen LogP contribution in [0.5, 0.6) is 0 Å². The van der Waals surface area contributed by atoms with Gasteiger partial charge in [-0.05, 0) is 44.8 Å². The molecule has 1 N–H and O–H groups in total. The molecule has 2 unspecified atom stereocenters. The van der Waals surface area contributed by atoms with Gasteiger partial charge in [0.1, 0.15) is 0 Å². The predicted octanol–water partition coefficient (Wildman–Crippen LogP) is 4.40. The zero-order valence-corrected chi connectivity index (χ0v) is 15.0. The second kappa shape index (κ2) is 7.95. The Morgan fingerprint density at radius 1 is 1.14 bits per heavy atom. The van der Waals surface area contributed by atoms with Crippen molar-refractivity contribution in [3.8, 4) is 0 Å². The van der Waals surface area contributed by atoms with Gasteiger partial charge in [-0.1, -0.05) is 57.5 Å². The smallest absolute Gasteiger partial charge is 0.0449 e. The van der Waals surface area contributed by atoms with Crippen LogP contribution in [-0.2, 0) is 0 Å². The maximum absolute atomic E-state index is 3.70. The lowest BCUT2D eigenvalue weighted by Gasteiger charge is -2.37. The number of hydrogen-bond acceptors (Lipinski definition) is 2. The zero-order valence-electron chi connectivity index (χ0n) is 15.0. The molecule has 0 aliphatic heterocycles. The van der Waals surface area contributed by atoms with Crippen LogP contribution in [0.2, 0.25) is 0 Å². The quantitative estimate of drug-likeness (QED) is 0.800. The Balaban J connectivity index is 2.81. The molecule has 120 valence electrons. The fourth-order valence-electron chi connectivity index (χ4n) is 2.51. The van der Waals surface area contributed by atoms with Crippen molar-refractivity contribution in [2.45, 2.75) is 60.0 Å². The van der Waals surface area contributed by atoms with Crippen molar-refractivity contribution < 1.29 is 0 Å². The monoisotopic (exact) mass is 290 g/mol. The average molecular weight is 290 g/mol. The van der Waals surface area contributed by atoms with Gasteiger partial charge in [0, 0.05) is 18.6 Å². The Labute approximate surface area is 131 Å². The highest BCUT2D eigenvalue weighted by Gasteiger charge is 2.25. The van der Waals surface area contributed by atoms with Gasteiger partial charge in [-0.15, -0.1) is 0 Å². The minimum atomic E-state index is 0.303. The Hall–Kier alpha value is -0.860. The van der Waals surface area contributed by atoms with Gasteiger partial charge in [-0.25, -0.2) is 0 Å². The van der Waals surface area contributed by atoms with Gasteiger partial charge in [-0.3, -0.25) is 0 Å². The normalized spacial score (nSPS) is 15.2. The molecule has 0 aromatic heterocycles. The Bertz CT molecular complexity index is 403. The molecule has 0 saturated carbocycles. The van der Waals surface area contributed by atoms with Gasteiger partial charge < -0.3 is 10.2 Å². The highest BCUT2D eigenvalue weighted by atomic mass is 15.2. The Morgan fingerprint density at radius 2 is 1.71 bits per heavy atom. The van der Waals surface area contributed by atoms with Gasteiger partial charge in [0.25, 0.3) is 0 Å². The van der Waals surface area contributed by atoms with Crippen molar-refractivity contribution in [3.05, 3.63) is 35.4 Å². The highest BCUT2D eigenvalue weighted by molar-refractivity contribution is 5.24. The summed E-state index contributed by atoms with van der Waals surface area (Å²) in [6.45, 7) is 15.7. The van der Waals surface area contributed by atoms with E-state index in [-0.39, 0.29) is 0 Å². The number of likely N-dealkylation sites (N-methyl/N-ethyl adjacent to an activating group) is 1. The van der Waals surface area contributed by atoms with E-state index in [9.17, 15) is 0 Å². The lowest BCUT2D eigenvalue weighted by molar-refractivity contribution is 0.129. The molecule has 0 aliphatic carbocycles. The maximum atomic E-state index is 3.70.